The maximum absolute atomic E-state index is 6.43. The van der Waals surface area contributed by atoms with Crippen molar-refractivity contribution < 1.29 is 4.42 Å². The van der Waals surface area contributed by atoms with Crippen LogP contribution >= 0.6 is 0 Å². The molecule has 0 saturated heterocycles. The van der Waals surface area contributed by atoms with Crippen LogP contribution in [-0.4, -0.2) is 4.57 Å². The van der Waals surface area contributed by atoms with Crippen molar-refractivity contribution in [3.05, 3.63) is 231 Å². The number of hydrogen-bond donors (Lipinski definition) is 0. The van der Waals surface area contributed by atoms with Gasteiger partial charge in [0.15, 0.2) is 0 Å². The number of para-hydroxylation sites is 5. The molecule has 3 heteroatoms. The highest BCUT2D eigenvalue weighted by Crippen LogP contribution is 2.42. The summed E-state index contributed by atoms with van der Waals surface area (Å²) in [5, 5.41) is 7.20. The van der Waals surface area contributed by atoms with Gasteiger partial charge in [-0.15, -0.1) is 0 Å². The van der Waals surface area contributed by atoms with Crippen LogP contribution in [0.5, 0.6) is 0 Å². The molecule has 286 valence electrons. The minimum Gasteiger partial charge on any atom is -0.455 e. The topological polar surface area (TPSA) is 21.3 Å². The van der Waals surface area contributed by atoms with E-state index in [0.717, 1.165) is 72.5 Å². The molecule has 0 atom stereocenters. The van der Waals surface area contributed by atoms with Gasteiger partial charge in [-0.3, -0.25) is 0 Å². The lowest BCUT2D eigenvalue weighted by molar-refractivity contribution is 0.670. The molecule has 2 heterocycles. The Bertz CT molecular complexity index is 3560. The van der Waals surface area contributed by atoms with E-state index in [9.17, 15) is 0 Å². The molecule has 3 nitrogen and oxygen atoms in total. The van der Waals surface area contributed by atoms with Gasteiger partial charge >= 0.3 is 0 Å². The van der Waals surface area contributed by atoms with Crippen molar-refractivity contribution in [2.45, 2.75) is 0 Å². The van der Waals surface area contributed by atoms with Crippen LogP contribution in [0.4, 0.5) is 17.1 Å². The minimum atomic E-state index is 0.908. The fourth-order valence-corrected chi connectivity index (χ4v) is 9.31. The molecule has 0 unspecified atom stereocenters. The van der Waals surface area contributed by atoms with Crippen molar-refractivity contribution in [2.75, 3.05) is 4.90 Å². The third-order valence-corrected chi connectivity index (χ3v) is 12.2. The van der Waals surface area contributed by atoms with Crippen LogP contribution in [0.15, 0.2) is 235 Å². The number of nitrogens with zero attached hydrogens (tertiary/aromatic N) is 2. The van der Waals surface area contributed by atoms with Crippen LogP contribution in [0.1, 0.15) is 0 Å². The summed E-state index contributed by atoms with van der Waals surface area (Å²) in [6.07, 6.45) is 0. The molecule has 0 radical (unpaired) electrons. The summed E-state index contributed by atoms with van der Waals surface area (Å²) in [7, 11) is 0. The zero-order valence-electron chi connectivity index (χ0n) is 33.2. The molecule has 0 amide bonds. The van der Waals surface area contributed by atoms with Gasteiger partial charge in [-0.05, 0) is 99.8 Å². The van der Waals surface area contributed by atoms with Gasteiger partial charge < -0.3 is 13.9 Å². The number of rotatable bonds is 7. The molecule has 0 aliphatic carbocycles. The number of hydrogen-bond acceptors (Lipinski definition) is 2. The quantitative estimate of drug-likeness (QED) is 0.161. The predicted octanol–water partition coefficient (Wildman–Crippen LogP) is 16.3. The van der Waals surface area contributed by atoms with Crippen LogP contribution in [0.3, 0.4) is 0 Å². The van der Waals surface area contributed by atoms with Gasteiger partial charge in [0.2, 0.25) is 0 Å². The summed E-state index contributed by atoms with van der Waals surface area (Å²) >= 11 is 0. The fraction of sp³-hybridized carbons (Fsp3) is 0. The Balaban J connectivity index is 0.961. The third-order valence-electron chi connectivity index (χ3n) is 12.2. The van der Waals surface area contributed by atoms with Gasteiger partial charge in [0, 0.05) is 49.7 Å². The van der Waals surface area contributed by atoms with E-state index in [1.54, 1.807) is 0 Å². The normalized spacial score (nSPS) is 11.6. The lowest BCUT2D eigenvalue weighted by atomic mass is 9.97. The van der Waals surface area contributed by atoms with Crippen molar-refractivity contribution in [1.82, 2.24) is 4.57 Å². The number of fused-ring (bicyclic) bond motifs is 7. The summed E-state index contributed by atoms with van der Waals surface area (Å²) in [6, 6.07) is 83.0. The molecule has 10 aromatic carbocycles. The first-order chi connectivity index (χ1) is 30.2. The molecule has 0 aliphatic rings. The zero-order valence-corrected chi connectivity index (χ0v) is 33.2. The van der Waals surface area contributed by atoms with Crippen molar-refractivity contribution >= 4 is 71.6 Å². The van der Waals surface area contributed by atoms with E-state index < -0.39 is 0 Å². The molecule has 0 N–H and O–H groups in total. The van der Waals surface area contributed by atoms with Crippen molar-refractivity contribution in [2.24, 2.45) is 0 Å². The van der Waals surface area contributed by atoms with Crippen LogP contribution in [0.25, 0.3) is 93.6 Å². The first kappa shape index (κ1) is 34.9. The van der Waals surface area contributed by atoms with E-state index in [4.69, 9.17) is 4.42 Å². The summed E-state index contributed by atoms with van der Waals surface area (Å²) < 4.78 is 8.84. The Morgan fingerprint density at radius 3 is 1.72 bits per heavy atom. The lowest BCUT2D eigenvalue weighted by Gasteiger charge is -2.27. The summed E-state index contributed by atoms with van der Waals surface area (Å²) in [4.78, 5) is 2.38. The average Bonchev–Trinajstić information content (AvgIpc) is 3.88. The van der Waals surface area contributed by atoms with Gasteiger partial charge in [-0.25, -0.2) is 0 Å². The fourth-order valence-electron chi connectivity index (χ4n) is 9.31. The smallest absolute Gasteiger partial charge is 0.143 e. The maximum Gasteiger partial charge on any atom is 0.143 e. The summed E-state index contributed by atoms with van der Waals surface area (Å²) in [5.41, 5.74) is 15.5. The Morgan fingerprint density at radius 2 is 0.902 bits per heavy atom. The van der Waals surface area contributed by atoms with E-state index in [-0.39, 0.29) is 0 Å². The van der Waals surface area contributed by atoms with Crippen molar-refractivity contribution in [3.8, 4) is 39.1 Å². The molecule has 0 saturated carbocycles. The van der Waals surface area contributed by atoms with Crippen LogP contribution < -0.4 is 4.90 Å². The second kappa shape index (κ2) is 14.3. The Kier molecular flexibility index (Phi) is 8.17. The van der Waals surface area contributed by atoms with E-state index in [2.05, 4.69) is 228 Å². The molecule has 12 aromatic rings. The monoisotopic (exact) mass is 778 g/mol. The van der Waals surface area contributed by atoms with E-state index in [0.29, 0.717) is 0 Å². The molecular formula is C58H38N2O. The largest absolute Gasteiger partial charge is 0.455 e. The van der Waals surface area contributed by atoms with Crippen molar-refractivity contribution in [3.63, 3.8) is 0 Å². The molecule has 2 aromatic heterocycles. The molecule has 61 heavy (non-hydrogen) atoms. The van der Waals surface area contributed by atoms with Gasteiger partial charge in [0.1, 0.15) is 11.2 Å². The number of aromatic nitrogens is 1. The molecule has 12 rings (SSSR count). The van der Waals surface area contributed by atoms with Crippen LogP contribution in [0, 0.1) is 0 Å². The second-order valence-electron chi connectivity index (χ2n) is 15.7. The molecule has 0 spiro atoms. The predicted molar refractivity (Wildman–Crippen MR) is 257 cm³/mol. The molecule has 0 bridgehead atoms. The van der Waals surface area contributed by atoms with Crippen LogP contribution in [-0.2, 0) is 0 Å². The highest BCUT2D eigenvalue weighted by atomic mass is 16.3. The maximum atomic E-state index is 6.43. The first-order valence-corrected chi connectivity index (χ1v) is 20.8. The summed E-state index contributed by atoms with van der Waals surface area (Å²) in [6.45, 7) is 0. The van der Waals surface area contributed by atoms with E-state index in [1.165, 1.54) is 38.1 Å². The van der Waals surface area contributed by atoms with Gasteiger partial charge in [-0.2, -0.15) is 0 Å². The Hall–Kier alpha value is -8.14. The number of anilines is 3. The lowest BCUT2D eigenvalue weighted by Crippen LogP contribution is -2.10. The third kappa shape index (κ3) is 5.90. The number of furan rings is 1. The number of benzene rings is 10. The Morgan fingerprint density at radius 1 is 0.328 bits per heavy atom. The van der Waals surface area contributed by atoms with Crippen LogP contribution in [0.2, 0.25) is 0 Å². The highest BCUT2D eigenvalue weighted by molar-refractivity contribution is 6.11. The molecule has 0 fully saturated rings. The molecular weight excluding hydrogens is 741 g/mol. The van der Waals surface area contributed by atoms with Gasteiger partial charge in [0.25, 0.3) is 0 Å². The van der Waals surface area contributed by atoms with Gasteiger partial charge in [0.05, 0.1) is 16.7 Å². The first-order valence-electron chi connectivity index (χ1n) is 20.8. The summed E-state index contributed by atoms with van der Waals surface area (Å²) in [5.74, 6) is 0. The average molecular weight is 779 g/mol. The van der Waals surface area contributed by atoms with Crippen molar-refractivity contribution in [1.29, 1.82) is 0 Å². The van der Waals surface area contributed by atoms with E-state index >= 15 is 0 Å². The Labute approximate surface area is 353 Å². The van der Waals surface area contributed by atoms with Gasteiger partial charge in [-0.1, -0.05) is 164 Å². The molecule has 0 aliphatic heterocycles. The highest BCUT2D eigenvalue weighted by Gasteiger charge is 2.19. The van der Waals surface area contributed by atoms with E-state index in [1.807, 2.05) is 12.1 Å². The zero-order chi connectivity index (χ0) is 40.3. The SMILES string of the molecule is c1cc(-c2ccc(N(c3cccc(-c4ccccc4-n4c5ccccc5c5ccccc54)c3)c3ccc4ccccc4c3)cc2)cc(-c2cccc3c2oc2ccccc23)c1. The second-order valence-corrected chi connectivity index (χ2v) is 15.7. The standard InChI is InChI=1S/C58H38N2O/c1-2-15-42-37-47(35-32-39(42)14-1)59(45-33-30-40(31-34-45)41-16-11-17-43(36-41)49-24-13-25-53-52-23-6-10-29-57(52)61-58(49)53)46-19-12-18-44(38-46)48-20-3-7-26-54(48)60-55-27-8-4-21-50(55)51-22-5-9-28-56(51)60/h1-38H. The minimum absolute atomic E-state index is 0.908.